The average Bonchev–Trinajstić information content (AvgIpc) is 3.09. The maximum absolute atomic E-state index is 13.0. The molecule has 46 heavy (non-hydrogen) atoms. The van der Waals surface area contributed by atoms with Gasteiger partial charge < -0.3 is 24.6 Å². The van der Waals surface area contributed by atoms with Crippen molar-refractivity contribution in [3.63, 3.8) is 0 Å². The largest absolute Gasteiger partial charge is 0.507 e. The van der Waals surface area contributed by atoms with Crippen LogP contribution in [0.2, 0.25) is 0 Å². The number of ether oxygens (including phenoxy) is 3. The number of aldehydes is 1. The molecule has 2 N–H and O–H groups in total. The number of phenols is 1. The van der Waals surface area contributed by atoms with Crippen molar-refractivity contribution in [1.82, 2.24) is 5.32 Å². The van der Waals surface area contributed by atoms with E-state index in [2.05, 4.69) is 5.32 Å². The van der Waals surface area contributed by atoms with Gasteiger partial charge in [0.25, 0.3) is 0 Å². The van der Waals surface area contributed by atoms with Crippen LogP contribution < -0.4 is 10.1 Å². The minimum Gasteiger partial charge on any atom is -0.507 e. The Bertz CT molecular complexity index is 1570. The number of rotatable bonds is 14. The van der Waals surface area contributed by atoms with Crippen LogP contribution in [0.15, 0.2) is 97.1 Å². The van der Waals surface area contributed by atoms with Crippen LogP contribution in [-0.4, -0.2) is 61.9 Å². The first-order valence-electron chi connectivity index (χ1n) is 14.5. The maximum Gasteiger partial charge on any atom is 0.339 e. The second-order valence-corrected chi connectivity index (χ2v) is 11.5. The quantitative estimate of drug-likeness (QED) is 0.105. The van der Waals surface area contributed by atoms with Crippen molar-refractivity contribution in [2.45, 2.75) is 24.1 Å². The highest BCUT2D eigenvalue weighted by molar-refractivity contribution is 8.00. The number of esters is 2. The fourth-order valence-electron chi connectivity index (χ4n) is 5.22. The third-order valence-electron chi connectivity index (χ3n) is 7.49. The van der Waals surface area contributed by atoms with E-state index < -0.39 is 34.4 Å². The number of hydrogen-bond donors (Lipinski definition) is 2. The predicted octanol–water partition coefficient (Wildman–Crippen LogP) is 5.45. The summed E-state index contributed by atoms with van der Waals surface area (Å²) in [5, 5.41) is 12.9. The highest BCUT2D eigenvalue weighted by atomic mass is 32.2. The van der Waals surface area contributed by atoms with Crippen molar-refractivity contribution in [3.8, 4) is 11.5 Å². The first-order chi connectivity index (χ1) is 22.3. The summed E-state index contributed by atoms with van der Waals surface area (Å²) in [6, 6.07) is 30.0. The van der Waals surface area contributed by atoms with Crippen molar-refractivity contribution in [1.29, 1.82) is 0 Å². The van der Waals surface area contributed by atoms with E-state index in [1.54, 1.807) is 6.92 Å². The monoisotopic (exact) mass is 641 g/mol. The average molecular weight is 642 g/mol. The molecule has 0 aromatic heterocycles. The third kappa shape index (κ3) is 7.40. The molecule has 1 atom stereocenters. The molecule has 9 nitrogen and oxygen atoms in total. The number of methoxy groups -OCH3 is 2. The van der Waals surface area contributed by atoms with Crippen LogP contribution in [0.25, 0.3) is 0 Å². The molecule has 0 aliphatic carbocycles. The second-order valence-electron chi connectivity index (χ2n) is 10.2. The van der Waals surface area contributed by atoms with Crippen molar-refractivity contribution in [3.05, 3.63) is 130 Å². The molecular weight excluding hydrogens is 606 g/mol. The molecule has 0 heterocycles. The predicted molar refractivity (Wildman–Crippen MR) is 175 cm³/mol. The van der Waals surface area contributed by atoms with Gasteiger partial charge in [0.2, 0.25) is 5.91 Å². The molecule has 0 aliphatic heterocycles. The number of amides is 1. The molecule has 4 rings (SSSR count). The minimum absolute atomic E-state index is 0.155. The zero-order chi connectivity index (χ0) is 33.1. The van der Waals surface area contributed by atoms with Crippen LogP contribution in [0.1, 0.15) is 49.4 Å². The summed E-state index contributed by atoms with van der Waals surface area (Å²) in [5.74, 6) is -2.16. The number of carbonyl (C=O) groups excluding carboxylic acids is 4. The molecule has 0 saturated carbocycles. The number of hydrogen-bond acceptors (Lipinski definition) is 9. The van der Waals surface area contributed by atoms with Gasteiger partial charge in [0.15, 0.2) is 6.29 Å². The molecule has 0 unspecified atom stereocenters. The zero-order valence-electron chi connectivity index (χ0n) is 25.7. The molecule has 4 aromatic carbocycles. The van der Waals surface area contributed by atoms with Crippen LogP contribution >= 0.6 is 11.8 Å². The standard InChI is InChI=1S/C36H35NO8S/c1-24-31(43-2)21-30(39)28(22-38)33(24)35(42)45-20-19-32(40)37-29(34(41)44-3)23-46-36(25-13-7-4-8-14-25,26-15-9-5-10-16-26)27-17-11-6-12-18-27/h4-18,21-22,29,39H,19-20,23H2,1-3H3,(H,37,40)/t29-/m0/s1. The Hall–Kier alpha value is -5.09. The number of carbonyl (C=O) groups is 4. The molecule has 4 aromatic rings. The molecule has 0 fully saturated rings. The number of aromatic hydroxyl groups is 1. The highest BCUT2D eigenvalue weighted by Crippen LogP contribution is 2.48. The van der Waals surface area contributed by atoms with Crippen LogP contribution in [-0.2, 0) is 23.8 Å². The van der Waals surface area contributed by atoms with E-state index in [0.717, 1.165) is 16.7 Å². The van der Waals surface area contributed by atoms with E-state index in [1.807, 2.05) is 91.0 Å². The van der Waals surface area contributed by atoms with Gasteiger partial charge in [-0.05, 0) is 23.6 Å². The first kappa shape index (κ1) is 33.8. The lowest BCUT2D eigenvalue weighted by molar-refractivity contribution is -0.144. The van der Waals surface area contributed by atoms with Gasteiger partial charge in [0.1, 0.15) is 24.1 Å². The molecule has 238 valence electrons. The molecule has 10 heteroatoms. The number of phenolic OH excluding ortho intramolecular Hbond substituents is 1. The summed E-state index contributed by atoms with van der Waals surface area (Å²) < 4.78 is 14.8. The van der Waals surface area contributed by atoms with E-state index in [4.69, 9.17) is 14.2 Å². The molecule has 0 radical (unpaired) electrons. The Morgan fingerprint density at radius 3 is 1.87 bits per heavy atom. The van der Waals surface area contributed by atoms with Gasteiger partial charge in [0.05, 0.1) is 36.5 Å². The van der Waals surface area contributed by atoms with Crippen molar-refractivity contribution in [2.75, 3.05) is 26.6 Å². The maximum atomic E-state index is 13.0. The van der Waals surface area contributed by atoms with Gasteiger partial charge in [-0.2, -0.15) is 0 Å². The van der Waals surface area contributed by atoms with Gasteiger partial charge in [-0.25, -0.2) is 9.59 Å². The number of thioether (sulfide) groups is 1. The van der Waals surface area contributed by atoms with Gasteiger partial charge >= 0.3 is 11.9 Å². The molecule has 0 aliphatic rings. The summed E-state index contributed by atoms with van der Waals surface area (Å²) in [5.41, 5.74) is 2.89. The summed E-state index contributed by atoms with van der Waals surface area (Å²) in [7, 11) is 2.62. The van der Waals surface area contributed by atoms with Gasteiger partial charge in [-0.1, -0.05) is 91.0 Å². The molecule has 1 amide bonds. The Balaban J connectivity index is 1.53. The third-order valence-corrected chi connectivity index (χ3v) is 9.13. The smallest absolute Gasteiger partial charge is 0.339 e. The fraction of sp³-hybridized carbons (Fsp3) is 0.222. The van der Waals surface area contributed by atoms with Crippen LogP contribution in [0.3, 0.4) is 0 Å². The molecule has 0 spiro atoms. The van der Waals surface area contributed by atoms with Crippen LogP contribution in [0, 0.1) is 6.92 Å². The first-order valence-corrected chi connectivity index (χ1v) is 15.5. The van der Waals surface area contributed by atoms with E-state index in [-0.39, 0.29) is 35.7 Å². The number of benzene rings is 4. The Morgan fingerprint density at radius 2 is 1.41 bits per heavy atom. The highest BCUT2D eigenvalue weighted by Gasteiger charge is 2.38. The van der Waals surface area contributed by atoms with E-state index >= 15 is 0 Å². The Labute approximate surface area is 271 Å². The van der Waals surface area contributed by atoms with Crippen molar-refractivity contribution < 1.29 is 38.5 Å². The van der Waals surface area contributed by atoms with Gasteiger partial charge in [0, 0.05) is 17.4 Å². The van der Waals surface area contributed by atoms with E-state index in [0.29, 0.717) is 11.8 Å². The Morgan fingerprint density at radius 1 is 0.891 bits per heavy atom. The SMILES string of the molecule is COC(=O)[C@H](CSC(c1ccccc1)(c1ccccc1)c1ccccc1)NC(=O)CCOC(=O)c1c(C)c(OC)cc(O)c1C=O. The van der Waals surface area contributed by atoms with Crippen LogP contribution in [0.4, 0.5) is 0 Å². The van der Waals surface area contributed by atoms with Crippen molar-refractivity contribution >= 4 is 35.9 Å². The summed E-state index contributed by atoms with van der Waals surface area (Å²) >= 11 is 1.49. The van der Waals surface area contributed by atoms with Gasteiger partial charge in [-0.15, -0.1) is 11.8 Å². The summed E-state index contributed by atoms with van der Waals surface area (Å²) in [6.07, 6.45) is 0.0839. The normalized spacial score (nSPS) is 11.6. The van der Waals surface area contributed by atoms with Gasteiger partial charge in [-0.3, -0.25) is 9.59 Å². The van der Waals surface area contributed by atoms with E-state index in [1.165, 1.54) is 32.0 Å². The summed E-state index contributed by atoms with van der Waals surface area (Å²) in [4.78, 5) is 50.4. The molecule has 0 saturated heterocycles. The summed E-state index contributed by atoms with van der Waals surface area (Å²) in [6.45, 7) is 1.21. The van der Waals surface area contributed by atoms with Crippen LogP contribution in [0.5, 0.6) is 11.5 Å². The lowest BCUT2D eigenvalue weighted by Gasteiger charge is -2.36. The zero-order valence-corrected chi connectivity index (χ0v) is 26.5. The molecule has 0 bridgehead atoms. The fourth-order valence-corrected chi connectivity index (χ4v) is 6.77. The minimum atomic E-state index is -1.02. The second kappa shape index (κ2) is 15.8. The number of nitrogens with one attached hydrogen (secondary N) is 1. The topological polar surface area (TPSA) is 128 Å². The van der Waals surface area contributed by atoms with E-state index in [9.17, 15) is 24.3 Å². The lowest BCUT2D eigenvalue weighted by atomic mass is 9.84. The lowest BCUT2D eigenvalue weighted by Crippen LogP contribution is -2.44. The van der Waals surface area contributed by atoms with Crippen molar-refractivity contribution in [2.24, 2.45) is 0 Å². The Kier molecular flexibility index (Phi) is 11.6. The molecular formula is C36H35NO8S.